The number of hydrogen-bond acceptors (Lipinski definition) is 25. The number of aliphatic carboxylic acids is 3. The summed E-state index contributed by atoms with van der Waals surface area (Å²) in [6.45, 7) is 17.9. The van der Waals surface area contributed by atoms with Gasteiger partial charge in [-0.15, -0.1) is 11.8 Å². The quantitative estimate of drug-likeness (QED) is 0.0248. The number of aliphatic hydroxyl groups excluding tert-OH is 3. The number of carboxylic acid groups (broad SMARTS) is 3. The minimum absolute atomic E-state index is 0.000104. The van der Waals surface area contributed by atoms with Gasteiger partial charge in [0.1, 0.15) is 66.4 Å². The number of hydrogen-bond donors (Lipinski definition) is 19. The second-order valence-electron chi connectivity index (χ2n) is 37.7. The van der Waals surface area contributed by atoms with Crippen LogP contribution in [0.25, 0.3) is 11.1 Å². The normalized spacial score (nSPS) is 15.7. The Morgan fingerprint density at radius 1 is 0.500 bits per heavy atom. The molecule has 2 unspecified atom stereocenters. The van der Waals surface area contributed by atoms with Crippen LogP contribution < -0.4 is 74.3 Å². The zero-order chi connectivity index (χ0) is 105. The third kappa shape index (κ3) is 39.7. The summed E-state index contributed by atoms with van der Waals surface area (Å²) in [6, 6.07) is 14.7. The number of aryl methyl sites for hydroxylation is 1. The summed E-state index contributed by atoms with van der Waals surface area (Å²) >= 11 is 0.679. The van der Waals surface area contributed by atoms with E-state index in [1.54, 1.807) is 52.8 Å². The molecule has 0 saturated heterocycles. The largest absolute Gasteiger partial charge is 0.482 e. The van der Waals surface area contributed by atoms with E-state index in [2.05, 4.69) is 68.8 Å². The number of benzene rings is 4. The first-order valence-corrected chi connectivity index (χ1v) is 49.5. The highest BCUT2D eigenvalue weighted by atomic mass is 32.2. The predicted octanol–water partition coefficient (Wildman–Crippen LogP) is 3.44. The van der Waals surface area contributed by atoms with Crippen molar-refractivity contribution in [1.29, 1.82) is 0 Å². The Morgan fingerprint density at radius 3 is 1.55 bits per heavy atom. The van der Waals surface area contributed by atoms with E-state index >= 15 is 0 Å². The van der Waals surface area contributed by atoms with Crippen LogP contribution in [0.15, 0.2) is 128 Å². The second kappa shape index (κ2) is 60.0. The molecule has 6 rings (SSSR count). The summed E-state index contributed by atoms with van der Waals surface area (Å²) in [4.78, 5) is 242. The zero-order valence-electron chi connectivity index (χ0n) is 83.2. The third-order valence-corrected chi connectivity index (χ3v) is 26.3. The number of carbonyl (C=O) groups excluding carboxylic acids is 14. The van der Waals surface area contributed by atoms with Crippen molar-refractivity contribution >= 4 is 112 Å². The van der Waals surface area contributed by atoms with Crippen LogP contribution >= 0.6 is 11.8 Å². The molecule has 17 atom stereocenters. The molecule has 1 aliphatic rings. The average molecular weight is 2000 g/mol. The van der Waals surface area contributed by atoms with Gasteiger partial charge in [0.2, 0.25) is 70.9 Å². The van der Waals surface area contributed by atoms with Crippen molar-refractivity contribution in [2.45, 2.75) is 271 Å². The fourth-order valence-electron chi connectivity index (χ4n) is 16.1. The van der Waals surface area contributed by atoms with Crippen molar-refractivity contribution in [2.75, 3.05) is 44.9 Å². The summed E-state index contributed by atoms with van der Waals surface area (Å²) in [5.74, 6) is -20.2. The molecule has 20 N–H and O–H groups in total. The summed E-state index contributed by atoms with van der Waals surface area (Å²) in [5, 5.41) is 93.9. The standard InChI is InChI=1S/C102H145N15O24S/c1-14-61(9)89(116-99(136)79(108-90(127)62(10)58(4)5)47-66-28-32-71(33-29-66)70-26-19-16-20-27-70)101(138)117(13)63(11)91(128)109-76(44-57(2)3)94(131)106-74(38-41-103)93(130)110-80(46-65-23-17-15-18-24-65)98(135)115-88(59(6)7)84(121)37-34-72(52-118)92(129)114-83(100(137)113-82(53-119)102(139)140)55-142-56-85(122)105-77(49-68-39-42-104-43-40-68)95(132)111-78(48-67-30-35-73(36-31-67)141-54-87(125)126)96(133)112-81(51-86(123)124)97(134)107-75(64(12)120)50-69-25-21-22-60(8)45-69/h16,19-22,25-33,35-36,39-40,42-43,45,57-59,61-63,65,72,74-83,88-89,91,109,118-119,128H,14-15,17-18,23-24,34,37-38,41,44,46-56,103H2,1-13H3,(H,105,122)(H,106,131)(H,107,134)(H,108,127)(H,110,130)(H,111,132)(H,112,133)(H,113,137)(H,114,129)(H,115,135)(H,116,136)(H,123,124)(H,125,126)(H,139,140)/t61?,62-,63-,72-,74-,75-,76+,77-,78-,79-,80-,81-,82-,83-,88-,89-,91?/m0/s1. The number of Topliss-reactive ketones (excluding diaryl/α,β-unsaturated/α-hetero) is 2. The summed E-state index contributed by atoms with van der Waals surface area (Å²) in [7, 11) is 1.46. The molecule has 39 nitrogen and oxygen atoms in total. The molecule has 1 aromatic heterocycles. The molecule has 1 heterocycles. The van der Waals surface area contributed by atoms with Gasteiger partial charge in [-0.25, -0.2) is 9.59 Å². The highest BCUT2D eigenvalue weighted by Crippen LogP contribution is 2.29. The number of thioether (sulfide) groups is 1. The van der Waals surface area contributed by atoms with Crippen LogP contribution in [-0.4, -0.2) is 271 Å². The number of amides is 12. The van der Waals surface area contributed by atoms with Crippen molar-refractivity contribution in [3.05, 3.63) is 155 Å². The average Bonchev–Trinajstić information content (AvgIpc) is 0.825. The molecule has 4 aromatic carbocycles. The van der Waals surface area contributed by atoms with Gasteiger partial charge >= 0.3 is 17.9 Å². The Morgan fingerprint density at radius 2 is 1.00 bits per heavy atom. The molecule has 142 heavy (non-hydrogen) atoms. The molecule has 0 spiro atoms. The SMILES string of the molecule is CCC(C)[C@H](NC(=O)[C@H](Cc1ccc(-c2ccccc2)cc1)NC(=O)[C@@H](C)C(C)C)C(=O)N(C)[C@@H](C)C(O)N[C@H](CC(C)C)C(=O)N[C@@H](CCN)C(=O)N[C@@H](CC1CCCCC1)C(=O)N[C@H](C(=O)CC[C@@H](CO)C(=O)N[C@@H](CSCC(=O)N[C@@H](Cc1ccncc1)C(=O)N[C@@H](Cc1ccc(OCC(=O)O)cc1)C(=O)N[C@@H](CC(=O)O)C(=O)N[C@@H](Cc1cccc(C)c1)C(C)=O)C(=O)N[C@@H](CO)C(=O)O)C(C)C. The molecule has 1 aliphatic carbocycles. The second-order valence-corrected chi connectivity index (χ2v) is 38.8. The van der Waals surface area contributed by atoms with Crippen molar-refractivity contribution in [1.82, 2.24) is 73.7 Å². The van der Waals surface area contributed by atoms with Gasteiger partial charge in [0.25, 0.3) is 0 Å². The van der Waals surface area contributed by atoms with Gasteiger partial charge in [-0.1, -0.05) is 197 Å². The van der Waals surface area contributed by atoms with Crippen molar-refractivity contribution in [2.24, 2.45) is 47.2 Å². The molecule has 778 valence electrons. The molecule has 12 amide bonds. The van der Waals surface area contributed by atoms with E-state index in [1.165, 1.54) is 67.7 Å². The molecule has 1 saturated carbocycles. The molecule has 1 fully saturated rings. The number of aliphatic hydroxyl groups is 3. The Labute approximate surface area is 833 Å². The molecule has 0 bridgehead atoms. The van der Waals surface area contributed by atoms with E-state index in [4.69, 9.17) is 10.5 Å². The number of carbonyl (C=O) groups is 17. The van der Waals surface area contributed by atoms with Crippen LogP contribution in [0.4, 0.5) is 0 Å². The maximum absolute atomic E-state index is 14.9. The fraction of sp³-hybridized carbons (Fsp3) is 0.549. The van der Waals surface area contributed by atoms with Crippen LogP contribution in [-0.2, 0) is 107 Å². The molecule has 40 heteroatoms. The Kier molecular flexibility index (Phi) is 49.9. The lowest BCUT2D eigenvalue weighted by Gasteiger charge is -2.36. The highest BCUT2D eigenvalue weighted by Gasteiger charge is 2.41. The van der Waals surface area contributed by atoms with Gasteiger partial charge < -0.3 is 104 Å². The maximum atomic E-state index is 14.9. The first kappa shape index (κ1) is 118. The number of carboxylic acids is 3. The fourth-order valence-corrected chi connectivity index (χ4v) is 16.9. The number of ether oxygens (including phenoxy) is 1. The van der Waals surface area contributed by atoms with Gasteiger partial charge in [-0.3, -0.25) is 82.2 Å². The number of nitrogens with two attached hydrogens (primary N) is 1. The highest BCUT2D eigenvalue weighted by molar-refractivity contribution is 8.00. The Hall–Kier alpha value is -12.6. The maximum Gasteiger partial charge on any atom is 0.341 e. The molecular formula is C102H145N15O24S. The number of likely N-dealkylation sites (N-methyl/N-ethyl adjacent to an activating group) is 1. The molecule has 0 aliphatic heterocycles. The van der Waals surface area contributed by atoms with Gasteiger partial charge in [0.15, 0.2) is 18.2 Å². The van der Waals surface area contributed by atoms with Gasteiger partial charge in [0.05, 0.1) is 55.5 Å². The van der Waals surface area contributed by atoms with Gasteiger partial charge in [-0.2, -0.15) is 0 Å². The lowest BCUT2D eigenvalue weighted by Crippen LogP contribution is -2.62. The Balaban J connectivity index is 1.15. The number of pyridine rings is 1. The third-order valence-electron chi connectivity index (χ3n) is 25.3. The molecule has 5 aromatic rings. The predicted molar refractivity (Wildman–Crippen MR) is 530 cm³/mol. The number of nitrogens with one attached hydrogen (secondary N) is 12. The lowest BCUT2D eigenvalue weighted by atomic mass is 9.84. The van der Waals surface area contributed by atoms with Crippen LogP contribution in [0.3, 0.4) is 0 Å². The minimum Gasteiger partial charge on any atom is -0.482 e. The van der Waals surface area contributed by atoms with Crippen LogP contribution in [0.2, 0.25) is 0 Å². The van der Waals surface area contributed by atoms with Crippen LogP contribution in [0.5, 0.6) is 5.75 Å². The topological polar surface area (TPSA) is 607 Å². The van der Waals surface area contributed by atoms with Crippen LogP contribution in [0.1, 0.15) is 181 Å². The summed E-state index contributed by atoms with van der Waals surface area (Å²) < 4.78 is 5.26. The van der Waals surface area contributed by atoms with E-state index in [0.29, 0.717) is 47.7 Å². The van der Waals surface area contributed by atoms with Crippen molar-refractivity contribution in [3.63, 3.8) is 0 Å². The first-order chi connectivity index (χ1) is 67.3. The summed E-state index contributed by atoms with van der Waals surface area (Å²) in [6.07, 6.45) is 3.22. The number of aromatic nitrogens is 1. The smallest absolute Gasteiger partial charge is 0.341 e. The summed E-state index contributed by atoms with van der Waals surface area (Å²) in [5.41, 5.74) is 11.1. The lowest BCUT2D eigenvalue weighted by molar-refractivity contribution is -0.143. The zero-order valence-corrected chi connectivity index (χ0v) is 84.0. The first-order valence-electron chi connectivity index (χ1n) is 48.4. The van der Waals surface area contributed by atoms with E-state index in [9.17, 15) is 112 Å². The number of nitrogens with zero attached hydrogens (tertiary/aromatic N) is 2. The van der Waals surface area contributed by atoms with E-state index in [1.807, 2.05) is 102 Å². The number of rotatable bonds is 62. The Bertz CT molecular complexity index is 5010. The molecular weight excluding hydrogens is 1850 g/mol. The van der Waals surface area contributed by atoms with E-state index < -0.39 is 260 Å². The van der Waals surface area contributed by atoms with Gasteiger partial charge in [-0.05, 0) is 147 Å². The van der Waals surface area contributed by atoms with E-state index in [0.717, 1.165) is 41.5 Å². The van der Waals surface area contributed by atoms with Gasteiger partial charge in [0, 0.05) is 56.8 Å². The number of ketones is 2. The van der Waals surface area contributed by atoms with Crippen LogP contribution in [0, 0.1) is 48.3 Å². The monoisotopic (exact) mass is 2000 g/mol. The van der Waals surface area contributed by atoms with Crippen molar-refractivity contribution in [3.8, 4) is 16.9 Å². The van der Waals surface area contributed by atoms with Crippen molar-refractivity contribution < 1.29 is 117 Å². The van der Waals surface area contributed by atoms with E-state index in [-0.39, 0.29) is 74.5 Å². The minimum atomic E-state index is -1.92. The molecule has 0 radical (unpaired) electrons.